The summed E-state index contributed by atoms with van der Waals surface area (Å²) in [4.78, 5) is 24.3. The number of aromatic amines is 1. The van der Waals surface area contributed by atoms with Crippen molar-refractivity contribution in [2.24, 2.45) is 0 Å². The molecule has 0 saturated carbocycles. The number of rotatable bonds is 1. The van der Waals surface area contributed by atoms with E-state index in [0.717, 1.165) is 6.42 Å². The lowest BCUT2D eigenvalue weighted by atomic mass is 10.3. The molecule has 0 amide bonds. The topological polar surface area (TPSA) is 64.1 Å². The Balaban J connectivity index is 2.41. The number of ether oxygens (including phenoxy) is 1. The smallest absolute Gasteiger partial charge is 0.330 e. The van der Waals surface area contributed by atoms with Crippen molar-refractivity contribution in [3.63, 3.8) is 0 Å². The van der Waals surface area contributed by atoms with Gasteiger partial charge in [0.05, 0.1) is 6.61 Å². The van der Waals surface area contributed by atoms with E-state index in [1.165, 1.54) is 16.8 Å². The van der Waals surface area contributed by atoms with Crippen LogP contribution in [0.3, 0.4) is 0 Å². The predicted molar refractivity (Wildman–Crippen MR) is 50.1 cm³/mol. The monoisotopic (exact) mass is 194 g/mol. The summed E-state index contributed by atoms with van der Waals surface area (Å²) in [6, 6.07) is 1.30. The van der Waals surface area contributed by atoms with Gasteiger partial charge in [-0.25, -0.2) is 4.79 Å². The molecule has 1 aromatic heterocycles. The van der Waals surface area contributed by atoms with E-state index in [0.29, 0.717) is 6.61 Å². The fourth-order valence-corrected chi connectivity index (χ4v) is 1.33. The Labute approximate surface area is 79.6 Å². The molecule has 0 unspecified atom stereocenters. The Morgan fingerprint density at radius 1 is 1.50 bits per heavy atom. The molecule has 1 aromatic rings. The zero-order valence-electron chi connectivity index (χ0n) is 7.47. The van der Waals surface area contributed by atoms with Crippen molar-refractivity contribution in [2.45, 2.75) is 12.6 Å². The first-order valence-electron chi connectivity index (χ1n) is 4.37. The lowest BCUT2D eigenvalue weighted by molar-refractivity contribution is 0.0288. The molecule has 0 aromatic carbocycles. The van der Waals surface area contributed by atoms with E-state index in [1.807, 2.05) is 6.08 Å². The summed E-state index contributed by atoms with van der Waals surface area (Å²) in [5.41, 5.74) is -0.847. The Bertz CT molecular complexity index is 458. The largest absolute Gasteiger partial charge is 0.354 e. The molecule has 5 heteroatoms. The van der Waals surface area contributed by atoms with E-state index in [4.69, 9.17) is 4.74 Å². The molecule has 0 radical (unpaired) electrons. The van der Waals surface area contributed by atoms with Gasteiger partial charge in [-0.3, -0.25) is 14.3 Å². The van der Waals surface area contributed by atoms with Crippen LogP contribution in [0, 0.1) is 0 Å². The normalized spacial score (nSPS) is 21.0. The van der Waals surface area contributed by atoms with Crippen LogP contribution >= 0.6 is 0 Å². The second-order valence-corrected chi connectivity index (χ2v) is 3.00. The van der Waals surface area contributed by atoms with E-state index in [-0.39, 0.29) is 0 Å². The van der Waals surface area contributed by atoms with Crippen molar-refractivity contribution in [3.05, 3.63) is 45.3 Å². The fourth-order valence-electron chi connectivity index (χ4n) is 1.33. The van der Waals surface area contributed by atoms with Gasteiger partial charge in [-0.15, -0.1) is 0 Å². The van der Waals surface area contributed by atoms with Gasteiger partial charge in [0.15, 0.2) is 6.23 Å². The van der Waals surface area contributed by atoms with E-state index in [9.17, 15) is 9.59 Å². The molecule has 74 valence electrons. The summed E-state index contributed by atoms with van der Waals surface area (Å²) in [7, 11) is 0. The number of hydrogen-bond acceptors (Lipinski definition) is 3. The highest BCUT2D eigenvalue weighted by atomic mass is 16.5. The van der Waals surface area contributed by atoms with Crippen molar-refractivity contribution < 1.29 is 4.74 Å². The van der Waals surface area contributed by atoms with Crippen molar-refractivity contribution in [1.82, 2.24) is 9.55 Å². The second-order valence-electron chi connectivity index (χ2n) is 3.00. The molecule has 1 atom stereocenters. The van der Waals surface area contributed by atoms with E-state index in [1.54, 1.807) is 6.08 Å². The lowest BCUT2D eigenvalue weighted by Crippen LogP contribution is -2.32. The van der Waals surface area contributed by atoms with Gasteiger partial charge in [-0.05, 0) is 12.5 Å². The third kappa shape index (κ3) is 1.67. The van der Waals surface area contributed by atoms with Crippen molar-refractivity contribution >= 4 is 0 Å². The van der Waals surface area contributed by atoms with Gasteiger partial charge in [-0.1, -0.05) is 6.08 Å². The standard InChI is InChI=1S/C9H10N2O3/c12-7-4-5-11(9(13)10-7)8-3-1-2-6-14-8/h1,3-5,8H,2,6H2,(H,10,12,13)/t8-/m0/s1. The molecule has 1 aliphatic heterocycles. The Hall–Kier alpha value is -1.62. The van der Waals surface area contributed by atoms with Crippen LogP contribution in [0.15, 0.2) is 34.0 Å². The maximum Gasteiger partial charge on any atom is 0.330 e. The number of H-pyrrole nitrogens is 1. The quantitative estimate of drug-likeness (QED) is 0.640. The minimum atomic E-state index is -0.450. The number of aromatic nitrogens is 2. The summed E-state index contributed by atoms with van der Waals surface area (Å²) >= 11 is 0. The van der Waals surface area contributed by atoms with Gasteiger partial charge in [0, 0.05) is 12.3 Å². The molecule has 0 spiro atoms. The minimum Gasteiger partial charge on any atom is -0.354 e. The molecule has 0 fully saturated rings. The van der Waals surface area contributed by atoms with Crippen molar-refractivity contribution in [2.75, 3.05) is 6.61 Å². The SMILES string of the molecule is O=c1ccn([C@@H]2C=CCCO2)c(=O)[nH]1. The summed E-state index contributed by atoms with van der Waals surface area (Å²) in [6.45, 7) is 0.590. The van der Waals surface area contributed by atoms with E-state index < -0.39 is 17.5 Å². The van der Waals surface area contributed by atoms with E-state index >= 15 is 0 Å². The number of hydrogen-bond donors (Lipinski definition) is 1. The molecule has 2 rings (SSSR count). The van der Waals surface area contributed by atoms with Gasteiger partial charge in [0.2, 0.25) is 0 Å². The molecule has 1 N–H and O–H groups in total. The van der Waals surface area contributed by atoms with Crippen molar-refractivity contribution in [3.8, 4) is 0 Å². The van der Waals surface area contributed by atoms with Crippen LogP contribution in [-0.4, -0.2) is 16.2 Å². The van der Waals surface area contributed by atoms with Crippen molar-refractivity contribution in [1.29, 1.82) is 0 Å². The fraction of sp³-hybridized carbons (Fsp3) is 0.333. The van der Waals surface area contributed by atoms with E-state index in [2.05, 4.69) is 4.98 Å². The van der Waals surface area contributed by atoms with Gasteiger partial charge in [-0.2, -0.15) is 0 Å². The van der Waals surface area contributed by atoms with Gasteiger partial charge < -0.3 is 4.74 Å². The molecule has 0 aliphatic carbocycles. The Kier molecular flexibility index (Phi) is 2.32. The van der Waals surface area contributed by atoms with Crippen LogP contribution < -0.4 is 11.2 Å². The zero-order valence-corrected chi connectivity index (χ0v) is 7.47. The highest BCUT2D eigenvalue weighted by Gasteiger charge is 2.11. The second kappa shape index (κ2) is 3.63. The summed E-state index contributed by atoms with van der Waals surface area (Å²) in [6.07, 6.45) is 5.64. The van der Waals surface area contributed by atoms with Crippen LogP contribution in [-0.2, 0) is 4.74 Å². The van der Waals surface area contributed by atoms with Crippen LogP contribution in [0.25, 0.3) is 0 Å². The summed E-state index contributed by atoms with van der Waals surface area (Å²) in [5.74, 6) is 0. The highest BCUT2D eigenvalue weighted by molar-refractivity contribution is 4.94. The molecule has 5 nitrogen and oxygen atoms in total. The molecule has 0 saturated heterocycles. The first-order valence-corrected chi connectivity index (χ1v) is 4.37. The molecular weight excluding hydrogens is 184 g/mol. The average Bonchev–Trinajstić information content (AvgIpc) is 2.19. The maximum atomic E-state index is 11.3. The first kappa shape index (κ1) is 8.96. The first-order chi connectivity index (χ1) is 6.77. The van der Waals surface area contributed by atoms with Gasteiger partial charge >= 0.3 is 5.69 Å². The van der Waals surface area contributed by atoms with Crippen LogP contribution in [0.5, 0.6) is 0 Å². The summed E-state index contributed by atoms with van der Waals surface area (Å²) < 4.78 is 6.68. The van der Waals surface area contributed by atoms with Gasteiger partial charge in [0.1, 0.15) is 0 Å². The molecular formula is C9H10N2O3. The highest BCUT2D eigenvalue weighted by Crippen LogP contribution is 2.12. The third-order valence-corrected chi connectivity index (χ3v) is 2.00. The average molecular weight is 194 g/mol. The molecule has 0 bridgehead atoms. The van der Waals surface area contributed by atoms with Crippen LogP contribution in [0.1, 0.15) is 12.6 Å². The zero-order chi connectivity index (χ0) is 9.97. The number of nitrogens with zero attached hydrogens (tertiary/aromatic N) is 1. The van der Waals surface area contributed by atoms with Crippen LogP contribution in [0.4, 0.5) is 0 Å². The van der Waals surface area contributed by atoms with Crippen LogP contribution in [0.2, 0.25) is 0 Å². The summed E-state index contributed by atoms with van der Waals surface area (Å²) in [5, 5.41) is 0. The number of nitrogens with one attached hydrogen (secondary N) is 1. The molecule has 1 aliphatic rings. The maximum absolute atomic E-state index is 11.3. The predicted octanol–water partition coefficient (Wildman–Crippen LogP) is 0.0117. The molecule has 14 heavy (non-hydrogen) atoms. The third-order valence-electron chi connectivity index (χ3n) is 2.00. The Morgan fingerprint density at radius 3 is 3.00 bits per heavy atom. The lowest BCUT2D eigenvalue weighted by Gasteiger charge is -2.18. The van der Waals surface area contributed by atoms with Gasteiger partial charge in [0.25, 0.3) is 5.56 Å². The molecule has 2 heterocycles. The Morgan fingerprint density at radius 2 is 2.36 bits per heavy atom. The minimum absolute atomic E-state index is 0.395.